The zero-order chi connectivity index (χ0) is 9.97. The highest BCUT2D eigenvalue weighted by Crippen LogP contribution is 2.06. The standard InChI is InChI=1S/C9H11N3O2/c1-7-9(11-14-10-7)5-12-3-2-8(4-12)6-13/h2-4,13H,5-6H2,1H3. The summed E-state index contributed by atoms with van der Waals surface area (Å²) in [6.07, 6.45) is 3.76. The molecule has 2 heterocycles. The van der Waals surface area contributed by atoms with Crippen LogP contribution in [-0.2, 0) is 13.2 Å². The molecule has 0 aliphatic rings. The topological polar surface area (TPSA) is 64.1 Å². The van der Waals surface area contributed by atoms with Crippen LogP contribution in [0, 0.1) is 6.92 Å². The van der Waals surface area contributed by atoms with Crippen molar-refractivity contribution in [3.63, 3.8) is 0 Å². The quantitative estimate of drug-likeness (QED) is 0.780. The second-order valence-corrected chi connectivity index (χ2v) is 3.15. The lowest BCUT2D eigenvalue weighted by molar-refractivity contribution is 0.281. The normalized spacial score (nSPS) is 10.7. The van der Waals surface area contributed by atoms with Crippen molar-refractivity contribution < 1.29 is 9.74 Å². The Kier molecular flexibility index (Phi) is 2.32. The van der Waals surface area contributed by atoms with E-state index in [0.29, 0.717) is 6.54 Å². The molecule has 0 bridgehead atoms. The van der Waals surface area contributed by atoms with Crippen LogP contribution in [0.1, 0.15) is 17.0 Å². The monoisotopic (exact) mass is 193 g/mol. The van der Waals surface area contributed by atoms with Crippen LogP contribution in [0.25, 0.3) is 0 Å². The molecule has 0 aromatic carbocycles. The summed E-state index contributed by atoms with van der Waals surface area (Å²) in [6, 6.07) is 1.86. The van der Waals surface area contributed by atoms with E-state index in [4.69, 9.17) is 5.11 Å². The number of aryl methyl sites for hydroxylation is 1. The summed E-state index contributed by atoms with van der Waals surface area (Å²) in [4.78, 5) is 0. The Morgan fingerprint density at radius 2 is 2.36 bits per heavy atom. The van der Waals surface area contributed by atoms with Gasteiger partial charge in [0.1, 0.15) is 11.4 Å². The molecule has 1 N–H and O–H groups in total. The average Bonchev–Trinajstić information content (AvgIpc) is 2.77. The highest BCUT2D eigenvalue weighted by atomic mass is 16.6. The molecule has 0 fully saturated rings. The maximum Gasteiger partial charge on any atom is 0.127 e. The van der Waals surface area contributed by atoms with Crippen molar-refractivity contribution in [2.75, 3.05) is 0 Å². The summed E-state index contributed by atoms with van der Waals surface area (Å²) in [5.41, 5.74) is 2.49. The summed E-state index contributed by atoms with van der Waals surface area (Å²) >= 11 is 0. The van der Waals surface area contributed by atoms with Gasteiger partial charge >= 0.3 is 0 Å². The number of aromatic nitrogens is 3. The fourth-order valence-electron chi connectivity index (χ4n) is 1.25. The largest absolute Gasteiger partial charge is 0.392 e. The number of hydrogen-bond donors (Lipinski definition) is 1. The minimum absolute atomic E-state index is 0.0586. The molecule has 0 aliphatic heterocycles. The van der Waals surface area contributed by atoms with E-state index in [1.165, 1.54) is 0 Å². The molecular formula is C9H11N3O2. The van der Waals surface area contributed by atoms with Crippen LogP contribution in [-0.4, -0.2) is 20.0 Å². The predicted octanol–water partition coefficient (Wildman–Crippen LogP) is 0.720. The van der Waals surface area contributed by atoms with E-state index < -0.39 is 0 Å². The van der Waals surface area contributed by atoms with Gasteiger partial charge in [-0.3, -0.25) is 0 Å². The molecule has 0 radical (unpaired) electrons. The first-order chi connectivity index (χ1) is 6.79. The van der Waals surface area contributed by atoms with E-state index in [9.17, 15) is 0 Å². The van der Waals surface area contributed by atoms with Gasteiger partial charge in [0, 0.05) is 12.4 Å². The van der Waals surface area contributed by atoms with Crippen molar-refractivity contribution in [2.45, 2.75) is 20.1 Å². The van der Waals surface area contributed by atoms with Crippen LogP contribution < -0.4 is 0 Å². The Hall–Kier alpha value is -1.62. The van der Waals surface area contributed by atoms with Crippen molar-refractivity contribution in [1.29, 1.82) is 0 Å². The van der Waals surface area contributed by atoms with E-state index >= 15 is 0 Å². The van der Waals surface area contributed by atoms with Gasteiger partial charge in [-0.2, -0.15) is 0 Å². The van der Waals surface area contributed by atoms with Gasteiger partial charge in [0.25, 0.3) is 0 Å². The smallest absolute Gasteiger partial charge is 0.127 e. The first-order valence-corrected chi connectivity index (χ1v) is 4.33. The van der Waals surface area contributed by atoms with Crippen molar-refractivity contribution in [3.05, 3.63) is 35.4 Å². The van der Waals surface area contributed by atoms with E-state index in [-0.39, 0.29) is 6.61 Å². The Morgan fingerprint density at radius 3 is 2.93 bits per heavy atom. The number of aliphatic hydroxyl groups is 1. The van der Waals surface area contributed by atoms with Gasteiger partial charge in [-0.1, -0.05) is 10.3 Å². The lowest BCUT2D eigenvalue weighted by Gasteiger charge is -1.97. The second kappa shape index (κ2) is 3.63. The maximum atomic E-state index is 8.87. The predicted molar refractivity (Wildman–Crippen MR) is 48.5 cm³/mol. The fourth-order valence-corrected chi connectivity index (χ4v) is 1.25. The Bertz CT molecular complexity index is 419. The minimum Gasteiger partial charge on any atom is -0.392 e. The van der Waals surface area contributed by atoms with E-state index in [1.807, 2.05) is 30.0 Å². The molecule has 2 aromatic rings. The van der Waals surface area contributed by atoms with Gasteiger partial charge in [-0.15, -0.1) is 0 Å². The summed E-state index contributed by atoms with van der Waals surface area (Å²) in [5, 5.41) is 16.3. The number of aliphatic hydroxyl groups excluding tert-OH is 1. The summed E-state index contributed by atoms with van der Waals surface area (Å²) in [5.74, 6) is 0. The van der Waals surface area contributed by atoms with Crippen LogP contribution in [0.5, 0.6) is 0 Å². The first kappa shape index (κ1) is 8.96. The van der Waals surface area contributed by atoms with Crippen LogP contribution in [0.3, 0.4) is 0 Å². The zero-order valence-corrected chi connectivity index (χ0v) is 7.84. The highest BCUT2D eigenvalue weighted by molar-refractivity contribution is 5.12. The highest BCUT2D eigenvalue weighted by Gasteiger charge is 2.05. The Labute approximate surface area is 80.9 Å². The van der Waals surface area contributed by atoms with E-state index in [0.717, 1.165) is 17.0 Å². The van der Waals surface area contributed by atoms with Crippen LogP contribution in [0.15, 0.2) is 23.1 Å². The van der Waals surface area contributed by atoms with Gasteiger partial charge in [0.05, 0.1) is 13.2 Å². The molecule has 2 aromatic heterocycles. The lowest BCUT2D eigenvalue weighted by atomic mass is 10.3. The third kappa shape index (κ3) is 1.67. The van der Waals surface area contributed by atoms with Gasteiger partial charge in [0.15, 0.2) is 0 Å². The molecule has 74 valence electrons. The summed E-state index contributed by atoms with van der Waals surface area (Å²) in [7, 11) is 0. The van der Waals surface area contributed by atoms with E-state index in [1.54, 1.807) is 0 Å². The summed E-state index contributed by atoms with van der Waals surface area (Å²) in [6.45, 7) is 2.53. The van der Waals surface area contributed by atoms with Crippen LogP contribution in [0.2, 0.25) is 0 Å². The molecule has 0 unspecified atom stereocenters. The van der Waals surface area contributed by atoms with Gasteiger partial charge in [-0.05, 0) is 18.6 Å². The molecule has 0 saturated carbocycles. The third-order valence-electron chi connectivity index (χ3n) is 2.07. The van der Waals surface area contributed by atoms with Gasteiger partial charge in [0.2, 0.25) is 0 Å². The van der Waals surface area contributed by atoms with Gasteiger partial charge < -0.3 is 9.67 Å². The molecule has 0 aliphatic carbocycles. The average molecular weight is 193 g/mol. The van der Waals surface area contributed by atoms with Gasteiger partial charge in [-0.25, -0.2) is 4.63 Å². The molecule has 0 spiro atoms. The SMILES string of the molecule is Cc1nonc1Cn1ccc(CO)c1. The zero-order valence-electron chi connectivity index (χ0n) is 7.84. The van der Waals surface area contributed by atoms with Crippen molar-refractivity contribution in [1.82, 2.24) is 14.9 Å². The molecule has 2 rings (SSSR count). The van der Waals surface area contributed by atoms with Crippen LogP contribution >= 0.6 is 0 Å². The fraction of sp³-hybridized carbons (Fsp3) is 0.333. The Balaban J connectivity index is 2.15. The minimum atomic E-state index is 0.0586. The Morgan fingerprint density at radius 1 is 1.50 bits per heavy atom. The molecule has 0 saturated heterocycles. The molecule has 14 heavy (non-hydrogen) atoms. The lowest BCUT2D eigenvalue weighted by Crippen LogP contribution is -1.98. The molecule has 0 atom stereocenters. The molecule has 0 amide bonds. The van der Waals surface area contributed by atoms with Crippen molar-refractivity contribution >= 4 is 0 Å². The third-order valence-corrected chi connectivity index (χ3v) is 2.07. The number of rotatable bonds is 3. The molecule has 5 nitrogen and oxygen atoms in total. The summed E-state index contributed by atoms with van der Waals surface area (Å²) < 4.78 is 6.52. The number of nitrogens with zero attached hydrogens (tertiary/aromatic N) is 3. The first-order valence-electron chi connectivity index (χ1n) is 4.33. The van der Waals surface area contributed by atoms with Crippen molar-refractivity contribution in [3.8, 4) is 0 Å². The molecule has 5 heteroatoms. The molecular weight excluding hydrogens is 182 g/mol. The van der Waals surface area contributed by atoms with Crippen molar-refractivity contribution in [2.24, 2.45) is 0 Å². The maximum absolute atomic E-state index is 8.87. The van der Waals surface area contributed by atoms with Crippen LogP contribution in [0.4, 0.5) is 0 Å². The second-order valence-electron chi connectivity index (χ2n) is 3.15. The van der Waals surface area contributed by atoms with E-state index in [2.05, 4.69) is 14.9 Å². The number of hydrogen-bond acceptors (Lipinski definition) is 4.